The summed E-state index contributed by atoms with van der Waals surface area (Å²) >= 11 is 12.1. The smallest absolute Gasteiger partial charge is 0.456 e. The molecule has 0 saturated heterocycles. The Morgan fingerprint density at radius 3 is 2.08 bits per heavy atom. The highest BCUT2D eigenvalue weighted by Gasteiger charge is 2.50. The Labute approximate surface area is 220 Å². The molecule has 0 aliphatic heterocycles. The minimum absolute atomic E-state index is 0.00309. The van der Waals surface area contributed by atoms with E-state index >= 15 is 0 Å². The van der Waals surface area contributed by atoms with E-state index in [0.29, 0.717) is 0 Å². The molecule has 1 unspecified atom stereocenters. The number of carbonyl (C=O) groups is 2. The molecular formula is C23H14Cl2F6N2O5. The van der Waals surface area contributed by atoms with Crippen molar-refractivity contribution in [3.05, 3.63) is 82.3 Å². The Morgan fingerprint density at radius 2 is 1.47 bits per heavy atom. The fraction of sp³-hybridized carbons (Fsp3) is 0.130. The third-order valence-corrected chi connectivity index (χ3v) is 4.97. The van der Waals surface area contributed by atoms with Crippen LogP contribution < -0.4 is 20.1 Å². The molecule has 0 aromatic heterocycles. The van der Waals surface area contributed by atoms with E-state index in [9.17, 15) is 35.9 Å². The number of carbonyl (C=O) groups excluding carboxylic acids is 2. The van der Waals surface area contributed by atoms with Crippen LogP contribution in [0.1, 0.15) is 10.4 Å². The lowest BCUT2D eigenvalue weighted by Gasteiger charge is -2.22. The number of hydrogen-bond acceptors (Lipinski definition) is 5. The van der Waals surface area contributed by atoms with Crippen molar-refractivity contribution in [1.29, 1.82) is 0 Å². The molecule has 3 aromatic carbocycles. The number of alkyl halides is 6. The van der Waals surface area contributed by atoms with Crippen molar-refractivity contribution in [1.82, 2.24) is 5.32 Å². The average Bonchev–Trinajstić information content (AvgIpc) is 2.81. The van der Waals surface area contributed by atoms with Crippen molar-refractivity contribution in [3.63, 3.8) is 0 Å². The standard InChI is InChI=1S/C23H14Cl2F6N2O5/c24-16-4-2-1-3-15(16)19(34)33-21(35)32-12-5-10-18(17(25)11-12)36-13-6-8-14(9-7-13)37-22(27,28)20(26)38-23(29,30)31/h1-11,20H,(H2,32,33,34,35). The van der Waals surface area contributed by atoms with Gasteiger partial charge < -0.3 is 14.8 Å². The number of urea groups is 1. The van der Waals surface area contributed by atoms with E-state index in [4.69, 9.17) is 27.9 Å². The monoisotopic (exact) mass is 582 g/mol. The second kappa shape index (κ2) is 11.8. The van der Waals surface area contributed by atoms with Gasteiger partial charge in [0.15, 0.2) is 0 Å². The summed E-state index contributed by atoms with van der Waals surface area (Å²) in [5.41, 5.74) is 0.269. The van der Waals surface area contributed by atoms with Gasteiger partial charge in [0.25, 0.3) is 5.91 Å². The lowest BCUT2D eigenvalue weighted by molar-refractivity contribution is -0.411. The molecule has 0 heterocycles. The Bertz CT molecular complexity index is 1310. The first-order chi connectivity index (χ1) is 17.7. The van der Waals surface area contributed by atoms with Crippen LogP contribution in [0.25, 0.3) is 0 Å². The molecule has 3 amide bonds. The average molecular weight is 583 g/mol. The Balaban J connectivity index is 1.58. The third kappa shape index (κ3) is 8.16. The lowest BCUT2D eigenvalue weighted by atomic mass is 10.2. The predicted molar refractivity (Wildman–Crippen MR) is 124 cm³/mol. The van der Waals surface area contributed by atoms with Gasteiger partial charge in [-0.25, -0.2) is 13.9 Å². The van der Waals surface area contributed by atoms with E-state index < -0.39 is 36.5 Å². The van der Waals surface area contributed by atoms with E-state index in [-0.39, 0.29) is 32.8 Å². The van der Waals surface area contributed by atoms with Gasteiger partial charge in [0.2, 0.25) is 0 Å². The van der Waals surface area contributed by atoms with Crippen molar-refractivity contribution in [3.8, 4) is 17.2 Å². The van der Waals surface area contributed by atoms with Crippen LogP contribution in [-0.2, 0) is 4.74 Å². The normalized spacial score (nSPS) is 12.4. The quantitative estimate of drug-likeness (QED) is 0.268. The van der Waals surface area contributed by atoms with E-state index in [2.05, 4.69) is 20.1 Å². The third-order valence-electron chi connectivity index (χ3n) is 4.34. The molecule has 38 heavy (non-hydrogen) atoms. The van der Waals surface area contributed by atoms with Crippen molar-refractivity contribution < 1.29 is 50.1 Å². The number of ether oxygens (including phenoxy) is 3. The summed E-state index contributed by atoms with van der Waals surface area (Å²) in [4.78, 5) is 24.3. The predicted octanol–water partition coefficient (Wildman–Crippen LogP) is 7.55. The zero-order chi connectivity index (χ0) is 28.1. The van der Waals surface area contributed by atoms with Gasteiger partial charge in [-0.3, -0.25) is 10.1 Å². The molecule has 0 radical (unpaired) electrons. The van der Waals surface area contributed by atoms with Crippen LogP contribution in [0.4, 0.5) is 36.8 Å². The van der Waals surface area contributed by atoms with Gasteiger partial charge in [-0.1, -0.05) is 35.3 Å². The first-order valence-corrected chi connectivity index (χ1v) is 10.9. The molecule has 1 atom stereocenters. The summed E-state index contributed by atoms with van der Waals surface area (Å²) in [5.74, 6) is -1.32. The van der Waals surface area contributed by atoms with Crippen LogP contribution in [-0.4, -0.2) is 30.8 Å². The molecular weight excluding hydrogens is 569 g/mol. The second-order valence-electron chi connectivity index (χ2n) is 7.15. The number of anilines is 1. The fourth-order valence-corrected chi connectivity index (χ4v) is 3.17. The zero-order valence-corrected chi connectivity index (χ0v) is 20.0. The van der Waals surface area contributed by atoms with Crippen LogP contribution in [0.2, 0.25) is 10.0 Å². The summed E-state index contributed by atoms with van der Waals surface area (Å²) in [6.07, 6.45) is -14.7. The largest absolute Gasteiger partial charge is 0.525 e. The van der Waals surface area contributed by atoms with Crippen LogP contribution in [0.5, 0.6) is 17.2 Å². The van der Waals surface area contributed by atoms with E-state index in [1.54, 1.807) is 12.1 Å². The maximum atomic E-state index is 13.5. The number of halogens is 8. The summed E-state index contributed by atoms with van der Waals surface area (Å²) in [6, 6.07) is 13.2. The molecule has 2 N–H and O–H groups in total. The first-order valence-electron chi connectivity index (χ1n) is 10.1. The van der Waals surface area contributed by atoms with Gasteiger partial charge >= 0.3 is 24.9 Å². The molecule has 202 valence electrons. The SMILES string of the molecule is O=C(NC(=O)c1ccccc1Cl)Nc1ccc(Oc2ccc(OC(F)(F)C(F)OC(F)(F)F)cc2)c(Cl)c1. The zero-order valence-electron chi connectivity index (χ0n) is 18.5. The summed E-state index contributed by atoms with van der Waals surface area (Å²) in [5, 5.41) is 4.64. The minimum Gasteiger partial charge on any atom is -0.456 e. The maximum Gasteiger partial charge on any atom is 0.525 e. The van der Waals surface area contributed by atoms with Crippen LogP contribution in [0, 0.1) is 0 Å². The summed E-state index contributed by atoms with van der Waals surface area (Å²) in [6.45, 7) is 0. The number of benzene rings is 3. The highest BCUT2D eigenvalue weighted by atomic mass is 35.5. The highest BCUT2D eigenvalue weighted by molar-refractivity contribution is 6.34. The Morgan fingerprint density at radius 1 is 0.842 bits per heavy atom. The topological polar surface area (TPSA) is 85.9 Å². The molecule has 0 spiro atoms. The van der Waals surface area contributed by atoms with E-state index in [1.807, 2.05) is 0 Å². The van der Waals surface area contributed by atoms with Crippen molar-refractivity contribution in [2.75, 3.05) is 5.32 Å². The number of amides is 3. The summed E-state index contributed by atoms with van der Waals surface area (Å²) in [7, 11) is 0. The van der Waals surface area contributed by atoms with E-state index in [0.717, 1.165) is 24.3 Å². The van der Waals surface area contributed by atoms with Crippen molar-refractivity contribution in [2.24, 2.45) is 0 Å². The van der Waals surface area contributed by atoms with Gasteiger partial charge in [-0.15, -0.1) is 13.2 Å². The molecule has 0 fully saturated rings. The molecule has 3 rings (SSSR count). The minimum atomic E-state index is -5.63. The Hall–Kier alpha value is -3.68. The molecule has 15 heteroatoms. The molecule has 3 aromatic rings. The van der Waals surface area contributed by atoms with Gasteiger partial charge in [-0.05, 0) is 54.6 Å². The van der Waals surface area contributed by atoms with Gasteiger partial charge in [0, 0.05) is 5.69 Å². The first kappa shape index (κ1) is 28.9. The number of imide groups is 1. The van der Waals surface area contributed by atoms with Crippen molar-refractivity contribution >= 4 is 40.8 Å². The van der Waals surface area contributed by atoms with Gasteiger partial charge in [0.1, 0.15) is 17.2 Å². The lowest BCUT2D eigenvalue weighted by Crippen LogP contribution is -2.41. The number of rotatable bonds is 8. The molecule has 0 aliphatic rings. The number of hydrogen-bond donors (Lipinski definition) is 2. The van der Waals surface area contributed by atoms with Crippen LogP contribution in [0.15, 0.2) is 66.7 Å². The highest BCUT2D eigenvalue weighted by Crippen LogP contribution is 2.35. The van der Waals surface area contributed by atoms with Gasteiger partial charge in [0.05, 0.1) is 15.6 Å². The van der Waals surface area contributed by atoms with Crippen LogP contribution in [0.3, 0.4) is 0 Å². The molecule has 0 aliphatic carbocycles. The van der Waals surface area contributed by atoms with Gasteiger partial charge in [-0.2, -0.15) is 8.78 Å². The van der Waals surface area contributed by atoms with E-state index in [1.165, 1.54) is 30.3 Å². The summed E-state index contributed by atoms with van der Waals surface area (Å²) < 4.78 is 88.1. The Kier molecular flexibility index (Phi) is 8.97. The van der Waals surface area contributed by atoms with Crippen molar-refractivity contribution in [2.45, 2.75) is 18.8 Å². The van der Waals surface area contributed by atoms with Crippen LogP contribution >= 0.6 is 23.2 Å². The maximum absolute atomic E-state index is 13.5. The second-order valence-corrected chi connectivity index (χ2v) is 7.96. The number of nitrogens with one attached hydrogen (secondary N) is 2. The molecule has 0 bridgehead atoms. The fourth-order valence-electron chi connectivity index (χ4n) is 2.73. The molecule has 7 nitrogen and oxygen atoms in total. The molecule has 0 saturated carbocycles.